The van der Waals surface area contributed by atoms with Gasteiger partial charge in [0.2, 0.25) is 10.0 Å². The van der Waals surface area contributed by atoms with Gasteiger partial charge in [-0.2, -0.15) is 5.10 Å². The highest BCUT2D eigenvalue weighted by Crippen LogP contribution is 2.29. The maximum Gasteiger partial charge on any atom is 0.244 e. The Hall–Kier alpha value is -0.920. The SMILES string of the molecule is CC1(NS(=O)(=O)c2cnn(CCCN)c2)CCCCC1. The molecule has 7 heteroatoms. The predicted molar refractivity (Wildman–Crippen MR) is 77.7 cm³/mol. The fourth-order valence-electron chi connectivity index (χ4n) is 2.68. The van der Waals surface area contributed by atoms with Crippen molar-refractivity contribution < 1.29 is 8.42 Å². The van der Waals surface area contributed by atoms with Crippen LogP contribution < -0.4 is 10.5 Å². The van der Waals surface area contributed by atoms with Crippen molar-refractivity contribution >= 4 is 10.0 Å². The molecule has 6 nitrogen and oxygen atoms in total. The Kier molecular flexibility index (Phi) is 4.82. The summed E-state index contributed by atoms with van der Waals surface area (Å²) in [5.74, 6) is 0. The molecule has 0 atom stereocenters. The van der Waals surface area contributed by atoms with E-state index >= 15 is 0 Å². The summed E-state index contributed by atoms with van der Waals surface area (Å²) in [5.41, 5.74) is 5.12. The topological polar surface area (TPSA) is 90.0 Å². The number of aromatic nitrogens is 2. The Balaban J connectivity index is 2.07. The molecular formula is C13H24N4O2S. The van der Waals surface area contributed by atoms with Crippen LogP contribution in [0.1, 0.15) is 45.4 Å². The normalized spacial score (nSPS) is 19.1. The molecule has 0 radical (unpaired) electrons. The Morgan fingerprint density at radius 1 is 1.40 bits per heavy atom. The molecular weight excluding hydrogens is 276 g/mol. The number of aryl methyl sites for hydroxylation is 1. The van der Waals surface area contributed by atoms with E-state index in [1.807, 2.05) is 6.92 Å². The van der Waals surface area contributed by atoms with Crippen LogP contribution in [0.15, 0.2) is 17.3 Å². The molecule has 1 saturated carbocycles. The molecule has 0 saturated heterocycles. The molecule has 1 heterocycles. The first kappa shape index (κ1) is 15.5. The molecule has 20 heavy (non-hydrogen) atoms. The Morgan fingerprint density at radius 3 is 2.75 bits per heavy atom. The molecule has 0 aromatic carbocycles. The second kappa shape index (κ2) is 6.24. The number of hydrogen-bond donors (Lipinski definition) is 2. The summed E-state index contributed by atoms with van der Waals surface area (Å²) in [7, 11) is -3.49. The highest BCUT2D eigenvalue weighted by molar-refractivity contribution is 7.89. The van der Waals surface area contributed by atoms with E-state index in [2.05, 4.69) is 9.82 Å². The monoisotopic (exact) mass is 300 g/mol. The van der Waals surface area contributed by atoms with E-state index in [-0.39, 0.29) is 10.4 Å². The van der Waals surface area contributed by atoms with Crippen molar-refractivity contribution in [3.63, 3.8) is 0 Å². The molecule has 1 aromatic heterocycles. The van der Waals surface area contributed by atoms with E-state index in [9.17, 15) is 8.42 Å². The minimum atomic E-state index is -3.49. The maximum absolute atomic E-state index is 12.4. The molecule has 0 spiro atoms. The van der Waals surface area contributed by atoms with Gasteiger partial charge in [-0.3, -0.25) is 4.68 Å². The third kappa shape index (κ3) is 3.80. The van der Waals surface area contributed by atoms with Crippen LogP contribution in [0.3, 0.4) is 0 Å². The highest BCUT2D eigenvalue weighted by Gasteiger charge is 2.32. The lowest BCUT2D eigenvalue weighted by Crippen LogP contribution is -2.46. The van der Waals surface area contributed by atoms with Gasteiger partial charge in [-0.1, -0.05) is 19.3 Å². The molecule has 1 aromatic rings. The summed E-state index contributed by atoms with van der Waals surface area (Å²) >= 11 is 0. The largest absolute Gasteiger partial charge is 0.330 e. The lowest BCUT2D eigenvalue weighted by Gasteiger charge is -2.33. The average molecular weight is 300 g/mol. The summed E-state index contributed by atoms with van der Waals surface area (Å²) in [4.78, 5) is 0.237. The van der Waals surface area contributed by atoms with Crippen LogP contribution in [-0.4, -0.2) is 30.3 Å². The quantitative estimate of drug-likeness (QED) is 0.827. The van der Waals surface area contributed by atoms with Gasteiger partial charge in [-0.05, 0) is 32.7 Å². The molecule has 2 rings (SSSR count). The predicted octanol–water partition coefficient (Wildman–Crippen LogP) is 1.23. The van der Waals surface area contributed by atoms with Gasteiger partial charge in [0.25, 0.3) is 0 Å². The zero-order chi connectivity index (χ0) is 14.6. The van der Waals surface area contributed by atoms with E-state index < -0.39 is 10.0 Å². The molecule has 114 valence electrons. The Morgan fingerprint density at radius 2 is 2.10 bits per heavy atom. The summed E-state index contributed by atoms with van der Waals surface area (Å²) in [5, 5.41) is 4.08. The highest BCUT2D eigenvalue weighted by atomic mass is 32.2. The average Bonchev–Trinajstić information content (AvgIpc) is 2.85. The van der Waals surface area contributed by atoms with Crippen LogP contribution in [0, 0.1) is 0 Å². The van der Waals surface area contributed by atoms with Gasteiger partial charge in [0.05, 0.1) is 6.20 Å². The smallest absolute Gasteiger partial charge is 0.244 e. The lowest BCUT2D eigenvalue weighted by atomic mass is 9.84. The maximum atomic E-state index is 12.4. The van der Waals surface area contributed by atoms with Crippen molar-refractivity contribution in [3.05, 3.63) is 12.4 Å². The van der Waals surface area contributed by atoms with E-state index in [4.69, 9.17) is 5.73 Å². The first-order chi connectivity index (χ1) is 9.45. The Labute approximate surface area is 120 Å². The number of nitrogens with one attached hydrogen (secondary N) is 1. The minimum Gasteiger partial charge on any atom is -0.330 e. The number of rotatable bonds is 6. The van der Waals surface area contributed by atoms with Crippen LogP contribution >= 0.6 is 0 Å². The van der Waals surface area contributed by atoms with Crippen LogP contribution in [0.5, 0.6) is 0 Å². The first-order valence-corrected chi connectivity index (χ1v) is 8.70. The third-order valence-electron chi connectivity index (χ3n) is 3.85. The molecule has 0 bridgehead atoms. The molecule has 1 aliphatic rings. The lowest BCUT2D eigenvalue weighted by molar-refractivity contribution is 0.294. The third-order valence-corrected chi connectivity index (χ3v) is 5.44. The molecule has 0 aliphatic heterocycles. The van der Waals surface area contributed by atoms with Gasteiger partial charge in [-0.25, -0.2) is 13.1 Å². The van der Waals surface area contributed by atoms with Gasteiger partial charge in [-0.15, -0.1) is 0 Å². The van der Waals surface area contributed by atoms with Crippen molar-refractivity contribution in [3.8, 4) is 0 Å². The fourth-order valence-corrected chi connectivity index (χ4v) is 4.09. The number of nitrogens with two attached hydrogens (primary N) is 1. The van der Waals surface area contributed by atoms with Gasteiger partial charge in [0.1, 0.15) is 4.90 Å². The molecule has 3 N–H and O–H groups in total. The number of sulfonamides is 1. The molecule has 1 aliphatic carbocycles. The molecule has 1 fully saturated rings. The molecule has 0 unspecified atom stereocenters. The van der Waals surface area contributed by atoms with Crippen molar-refractivity contribution in [2.75, 3.05) is 6.54 Å². The second-order valence-electron chi connectivity index (χ2n) is 5.81. The van der Waals surface area contributed by atoms with Crippen molar-refractivity contribution in [1.29, 1.82) is 0 Å². The summed E-state index contributed by atoms with van der Waals surface area (Å²) in [6.07, 6.45) is 8.90. The first-order valence-electron chi connectivity index (χ1n) is 7.22. The van der Waals surface area contributed by atoms with E-state index in [0.717, 1.165) is 32.1 Å². The van der Waals surface area contributed by atoms with Gasteiger partial charge in [0, 0.05) is 18.3 Å². The molecule has 0 amide bonds. The van der Waals surface area contributed by atoms with E-state index in [1.54, 1.807) is 10.9 Å². The number of hydrogen-bond acceptors (Lipinski definition) is 4. The Bertz CT molecular complexity index is 532. The van der Waals surface area contributed by atoms with Gasteiger partial charge >= 0.3 is 0 Å². The summed E-state index contributed by atoms with van der Waals surface area (Å²) < 4.78 is 29.3. The van der Waals surface area contributed by atoms with Crippen molar-refractivity contribution in [2.24, 2.45) is 5.73 Å². The van der Waals surface area contributed by atoms with Crippen LogP contribution in [0.25, 0.3) is 0 Å². The standard InChI is InChI=1S/C13H24N4O2S/c1-13(6-3-2-4-7-13)16-20(18,19)12-10-15-17(11-12)9-5-8-14/h10-11,16H,2-9,14H2,1H3. The van der Waals surface area contributed by atoms with Gasteiger partial charge < -0.3 is 5.73 Å². The van der Waals surface area contributed by atoms with E-state index in [0.29, 0.717) is 13.1 Å². The summed E-state index contributed by atoms with van der Waals surface area (Å²) in [6, 6.07) is 0. The summed E-state index contributed by atoms with van der Waals surface area (Å²) in [6.45, 7) is 3.20. The minimum absolute atomic E-state index is 0.237. The van der Waals surface area contributed by atoms with Crippen LogP contribution in [0.4, 0.5) is 0 Å². The zero-order valence-corrected chi connectivity index (χ0v) is 12.8. The van der Waals surface area contributed by atoms with Crippen molar-refractivity contribution in [2.45, 2.75) is 62.4 Å². The second-order valence-corrected chi connectivity index (χ2v) is 7.49. The number of nitrogens with zero attached hydrogens (tertiary/aromatic N) is 2. The van der Waals surface area contributed by atoms with Crippen LogP contribution in [-0.2, 0) is 16.6 Å². The van der Waals surface area contributed by atoms with Crippen LogP contribution in [0.2, 0.25) is 0 Å². The fraction of sp³-hybridized carbons (Fsp3) is 0.769. The van der Waals surface area contributed by atoms with E-state index in [1.165, 1.54) is 12.6 Å². The van der Waals surface area contributed by atoms with Gasteiger partial charge in [0.15, 0.2) is 0 Å². The van der Waals surface area contributed by atoms with Crippen molar-refractivity contribution in [1.82, 2.24) is 14.5 Å². The zero-order valence-electron chi connectivity index (χ0n) is 12.0.